The summed E-state index contributed by atoms with van der Waals surface area (Å²) in [6.45, 7) is 4.15. The first-order valence-electron chi connectivity index (χ1n) is 8.07. The van der Waals surface area contributed by atoms with Gasteiger partial charge in [0.1, 0.15) is 11.5 Å². The van der Waals surface area contributed by atoms with E-state index in [1.807, 2.05) is 11.4 Å². The molecule has 0 aliphatic rings. The van der Waals surface area contributed by atoms with Gasteiger partial charge in [-0.25, -0.2) is 4.98 Å². The number of amides is 1. The van der Waals surface area contributed by atoms with Crippen molar-refractivity contribution in [2.24, 2.45) is 0 Å². The first-order valence-corrected chi connectivity index (χ1v) is 8.95. The molecule has 1 amide bonds. The van der Waals surface area contributed by atoms with Crippen molar-refractivity contribution in [3.05, 3.63) is 58.5 Å². The molecular formula is C20H20N2O3S. The maximum absolute atomic E-state index is 12.5. The number of carbonyl (C=O) groups excluding carboxylic acids is 1. The Labute approximate surface area is 156 Å². The van der Waals surface area contributed by atoms with Crippen molar-refractivity contribution in [3.63, 3.8) is 0 Å². The minimum absolute atomic E-state index is 0.261. The molecule has 0 saturated carbocycles. The van der Waals surface area contributed by atoms with Gasteiger partial charge >= 0.3 is 0 Å². The molecule has 2 aromatic carbocycles. The van der Waals surface area contributed by atoms with Crippen LogP contribution in [0.4, 0.5) is 5.13 Å². The fraction of sp³-hybridized carbons (Fsp3) is 0.200. The van der Waals surface area contributed by atoms with E-state index in [-0.39, 0.29) is 5.91 Å². The van der Waals surface area contributed by atoms with Gasteiger partial charge in [0.2, 0.25) is 0 Å². The summed E-state index contributed by atoms with van der Waals surface area (Å²) in [5, 5.41) is 5.32. The van der Waals surface area contributed by atoms with Crippen LogP contribution in [0.1, 0.15) is 21.5 Å². The summed E-state index contributed by atoms with van der Waals surface area (Å²) in [6.07, 6.45) is 0. The highest BCUT2D eigenvalue weighted by atomic mass is 32.1. The van der Waals surface area contributed by atoms with Crippen LogP contribution in [0.15, 0.2) is 41.8 Å². The number of rotatable bonds is 5. The molecule has 5 nitrogen and oxygen atoms in total. The van der Waals surface area contributed by atoms with Crippen LogP contribution in [-0.4, -0.2) is 25.1 Å². The molecule has 0 fully saturated rings. The van der Waals surface area contributed by atoms with Crippen LogP contribution in [0.3, 0.4) is 0 Å². The topological polar surface area (TPSA) is 60.5 Å². The van der Waals surface area contributed by atoms with Crippen LogP contribution < -0.4 is 14.8 Å². The number of nitrogens with zero attached hydrogens (tertiary/aromatic N) is 1. The zero-order valence-electron chi connectivity index (χ0n) is 15.1. The molecule has 0 unspecified atom stereocenters. The number of thiazole rings is 1. The number of carbonyl (C=O) groups is 1. The smallest absolute Gasteiger partial charge is 0.257 e. The molecule has 1 N–H and O–H groups in total. The zero-order valence-corrected chi connectivity index (χ0v) is 15.9. The van der Waals surface area contributed by atoms with E-state index in [9.17, 15) is 4.79 Å². The van der Waals surface area contributed by atoms with Crippen molar-refractivity contribution in [3.8, 4) is 22.8 Å². The van der Waals surface area contributed by atoms with Crippen LogP contribution in [-0.2, 0) is 0 Å². The Morgan fingerprint density at radius 2 is 1.69 bits per heavy atom. The fourth-order valence-corrected chi connectivity index (χ4v) is 3.19. The molecular weight excluding hydrogens is 348 g/mol. The van der Waals surface area contributed by atoms with Gasteiger partial charge in [0, 0.05) is 22.6 Å². The standard InChI is InChI=1S/C20H20N2O3S/c1-12-5-6-14(7-13(12)2)18-11-26-20(21-18)22-19(23)15-8-16(24-3)10-17(9-15)25-4/h5-11H,1-4H3,(H,21,22,23). The number of nitrogens with one attached hydrogen (secondary N) is 1. The first-order chi connectivity index (χ1) is 12.5. The molecule has 3 rings (SSSR count). The molecule has 0 spiro atoms. The Balaban J connectivity index is 1.80. The van der Waals surface area contributed by atoms with Crippen LogP contribution in [0, 0.1) is 13.8 Å². The second kappa shape index (κ2) is 7.58. The van der Waals surface area contributed by atoms with Crippen molar-refractivity contribution >= 4 is 22.4 Å². The Hall–Kier alpha value is -2.86. The first kappa shape index (κ1) is 17.9. The Kier molecular flexibility index (Phi) is 5.23. The summed E-state index contributed by atoms with van der Waals surface area (Å²) in [5.41, 5.74) is 4.78. The summed E-state index contributed by atoms with van der Waals surface area (Å²) >= 11 is 1.39. The molecule has 1 heterocycles. The SMILES string of the molecule is COc1cc(OC)cc(C(=O)Nc2nc(-c3ccc(C)c(C)c3)cs2)c1. The van der Waals surface area contributed by atoms with Crippen LogP contribution >= 0.6 is 11.3 Å². The lowest BCUT2D eigenvalue weighted by Crippen LogP contribution is -2.12. The van der Waals surface area contributed by atoms with Gasteiger partial charge in [0.25, 0.3) is 5.91 Å². The zero-order chi connectivity index (χ0) is 18.7. The summed E-state index contributed by atoms with van der Waals surface area (Å²) in [4.78, 5) is 17.1. The van der Waals surface area contributed by atoms with Crippen molar-refractivity contribution in [1.82, 2.24) is 4.98 Å². The minimum Gasteiger partial charge on any atom is -0.497 e. The quantitative estimate of drug-likeness (QED) is 0.709. The molecule has 0 radical (unpaired) electrons. The monoisotopic (exact) mass is 368 g/mol. The Bertz CT molecular complexity index is 928. The van der Waals surface area contributed by atoms with Crippen molar-refractivity contribution in [1.29, 1.82) is 0 Å². The third kappa shape index (κ3) is 3.86. The molecule has 0 aliphatic heterocycles. The predicted molar refractivity (Wildman–Crippen MR) is 105 cm³/mol. The van der Waals surface area contributed by atoms with E-state index in [4.69, 9.17) is 9.47 Å². The third-order valence-corrected chi connectivity index (χ3v) is 4.90. The number of anilines is 1. The second-order valence-electron chi connectivity index (χ2n) is 5.89. The average Bonchev–Trinajstić information content (AvgIpc) is 3.11. The summed E-state index contributed by atoms with van der Waals surface area (Å²) in [6, 6.07) is 11.3. The molecule has 0 aliphatic carbocycles. The third-order valence-electron chi connectivity index (χ3n) is 4.14. The molecule has 3 aromatic rings. The van der Waals surface area contributed by atoms with Gasteiger partial charge in [-0.15, -0.1) is 11.3 Å². The maximum atomic E-state index is 12.5. The maximum Gasteiger partial charge on any atom is 0.257 e. The molecule has 0 bridgehead atoms. The van der Waals surface area contributed by atoms with Gasteiger partial charge in [-0.05, 0) is 43.2 Å². The Morgan fingerprint density at radius 3 is 2.31 bits per heavy atom. The van der Waals surface area contributed by atoms with Crippen molar-refractivity contribution < 1.29 is 14.3 Å². The predicted octanol–water partition coefficient (Wildman–Crippen LogP) is 4.70. The molecule has 0 saturated heterocycles. The lowest BCUT2D eigenvalue weighted by molar-refractivity contribution is 0.102. The molecule has 134 valence electrons. The summed E-state index contributed by atoms with van der Waals surface area (Å²) in [5.74, 6) is 0.858. The lowest BCUT2D eigenvalue weighted by atomic mass is 10.1. The largest absolute Gasteiger partial charge is 0.497 e. The second-order valence-corrected chi connectivity index (χ2v) is 6.75. The number of ether oxygens (including phenoxy) is 2. The van der Waals surface area contributed by atoms with Crippen LogP contribution in [0.25, 0.3) is 11.3 Å². The number of aromatic nitrogens is 1. The molecule has 0 atom stereocenters. The number of aryl methyl sites for hydroxylation is 2. The summed E-state index contributed by atoms with van der Waals surface area (Å²) in [7, 11) is 3.10. The highest BCUT2D eigenvalue weighted by Crippen LogP contribution is 2.28. The number of benzene rings is 2. The Morgan fingerprint density at radius 1 is 1.00 bits per heavy atom. The minimum atomic E-state index is -0.261. The van der Waals surface area contributed by atoms with Crippen molar-refractivity contribution in [2.75, 3.05) is 19.5 Å². The number of hydrogen-bond donors (Lipinski definition) is 1. The van der Waals surface area contributed by atoms with Gasteiger partial charge < -0.3 is 9.47 Å². The van der Waals surface area contributed by atoms with Gasteiger partial charge in [-0.3, -0.25) is 10.1 Å². The lowest BCUT2D eigenvalue weighted by Gasteiger charge is -2.08. The summed E-state index contributed by atoms with van der Waals surface area (Å²) < 4.78 is 10.4. The average molecular weight is 368 g/mol. The fourth-order valence-electron chi connectivity index (χ4n) is 2.47. The molecule has 1 aromatic heterocycles. The molecule has 26 heavy (non-hydrogen) atoms. The normalized spacial score (nSPS) is 10.5. The van der Waals surface area contributed by atoms with Crippen LogP contribution in [0.2, 0.25) is 0 Å². The van der Waals surface area contributed by atoms with E-state index >= 15 is 0 Å². The van der Waals surface area contributed by atoms with E-state index in [0.717, 1.165) is 11.3 Å². The van der Waals surface area contributed by atoms with E-state index in [1.165, 1.54) is 22.5 Å². The van der Waals surface area contributed by atoms with Gasteiger partial charge in [-0.1, -0.05) is 12.1 Å². The highest BCUT2D eigenvalue weighted by Gasteiger charge is 2.13. The van der Waals surface area contributed by atoms with E-state index in [2.05, 4.69) is 36.3 Å². The van der Waals surface area contributed by atoms with Gasteiger partial charge in [0.05, 0.1) is 19.9 Å². The highest BCUT2D eigenvalue weighted by molar-refractivity contribution is 7.14. The van der Waals surface area contributed by atoms with E-state index in [0.29, 0.717) is 22.2 Å². The van der Waals surface area contributed by atoms with Gasteiger partial charge in [0.15, 0.2) is 5.13 Å². The van der Waals surface area contributed by atoms with Gasteiger partial charge in [-0.2, -0.15) is 0 Å². The molecule has 6 heteroatoms. The van der Waals surface area contributed by atoms with Crippen molar-refractivity contribution in [2.45, 2.75) is 13.8 Å². The van der Waals surface area contributed by atoms with E-state index in [1.54, 1.807) is 32.4 Å². The van der Waals surface area contributed by atoms with E-state index < -0.39 is 0 Å². The number of methoxy groups -OCH3 is 2. The number of hydrogen-bond acceptors (Lipinski definition) is 5. The van der Waals surface area contributed by atoms with Crippen LogP contribution in [0.5, 0.6) is 11.5 Å².